The normalized spacial score (nSPS) is 13.1. The topological polar surface area (TPSA) is 70.7 Å². The second-order valence-electron chi connectivity index (χ2n) is 14.5. The first-order chi connectivity index (χ1) is 24.4. The van der Waals surface area contributed by atoms with Crippen LogP contribution < -0.4 is 10.6 Å². The lowest BCUT2D eigenvalue weighted by atomic mass is 10.0. The molecule has 6 nitrogen and oxygen atoms in total. The number of halogens is 4. The van der Waals surface area contributed by atoms with Crippen molar-refractivity contribution in [2.75, 3.05) is 40.3 Å². The summed E-state index contributed by atoms with van der Waals surface area (Å²) >= 11 is 0. The van der Waals surface area contributed by atoms with Gasteiger partial charge in [-0.05, 0) is 84.2 Å². The Morgan fingerprint density at radius 1 is 0.608 bits per heavy atom. The molecule has 0 rings (SSSR count). The molecular formula is C41H75F4N3O3. The van der Waals surface area contributed by atoms with Crippen LogP contribution in [0.5, 0.6) is 0 Å². The van der Waals surface area contributed by atoms with Crippen LogP contribution in [0.1, 0.15) is 168 Å². The summed E-state index contributed by atoms with van der Waals surface area (Å²) in [4.78, 5) is 26.3. The van der Waals surface area contributed by atoms with Crippen molar-refractivity contribution >= 4 is 11.8 Å². The molecular weight excluding hydrogens is 658 g/mol. The van der Waals surface area contributed by atoms with Gasteiger partial charge in [-0.15, -0.1) is 0 Å². The van der Waals surface area contributed by atoms with Gasteiger partial charge in [0.05, 0.1) is 6.10 Å². The molecule has 0 aliphatic carbocycles. The fourth-order valence-electron chi connectivity index (χ4n) is 5.84. The molecule has 0 unspecified atom stereocenters. The largest absolute Gasteiger partial charge is 0.378 e. The lowest BCUT2D eigenvalue weighted by molar-refractivity contribution is -0.121. The minimum Gasteiger partial charge on any atom is -0.378 e. The van der Waals surface area contributed by atoms with Crippen molar-refractivity contribution in [1.29, 1.82) is 0 Å². The molecule has 0 fully saturated rings. The van der Waals surface area contributed by atoms with Gasteiger partial charge >= 0.3 is 0 Å². The Morgan fingerprint density at radius 3 is 1.47 bits per heavy atom. The minimum absolute atomic E-state index is 0.0918. The summed E-state index contributed by atoms with van der Waals surface area (Å²) < 4.78 is 61.4. The van der Waals surface area contributed by atoms with Gasteiger partial charge < -0.3 is 20.3 Å². The highest BCUT2D eigenvalue weighted by atomic mass is 19.3. The summed E-state index contributed by atoms with van der Waals surface area (Å²) in [6.07, 6.45) is 24.0. The summed E-state index contributed by atoms with van der Waals surface area (Å²) in [6, 6.07) is 0. The Balaban J connectivity index is 4.17. The van der Waals surface area contributed by atoms with E-state index >= 15 is 0 Å². The Hall–Kier alpha value is -1.94. The fraction of sp³-hybridized carbons (Fsp3) is 0.854. The molecule has 0 spiro atoms. The highest BCUT2D eigenvalue weighted by molar-refractivity contribution is 5.76. The van der Waals surface area contributed by atoms with E-state index in [4.69, 9.17) is 4.74 Å². The average molecular weight is 734 g/mol. The molecule has 0 radical (unpaired) electrons. The van der Waals surface area contributed by atoms with Crippen LogP contribution in [0.3, 0.4) is 0 Å². The summed E-state index contributed by atoms with van der Waals surface area (Å²) in [6.45, 7) is 6.09. The lowest BCUT2D eigenvalue weighted by Gasteiger charge is -2.18. The van der Waals surface area contributed by atoms with E-state index in [9.17, 15) is 27.2 Å². The van der Waals surface area contributed by atoms with Crippen molar-refractivity contribution in [2.24, 2.45) is 0 Å². The number of amides is 2. The monoisotopic (exact) mass is 734 g/mol. The van der Waals surface area contributed by atoms with Gasteiger partial charge in [0.1, 0.15) is 0 Å². The zero-order valence-electron chi connectivity index (χ0n) is 32.9. The summed E-state index contributed by atoms with van der Waals surface area (Å²) in [5.41, 5.74) is 0. The Bertz CT molecular complexity index is 837. The molecule has 0 atom stereocenters. The molecule has 2 N–H and O–H groups in total. The molecule has 0 aromatic carbocycles. The van der Waals surface area contributed by atoms with Crippen molar-refractivity contribution in [3.05, 3.63) is 24.3 Å². The van der Waals surface area contributed by atoms with E-state index in [2.05, 4.69) is 29.6 Å². The van der Waals surface area contributed by atoms with Crippen LogP contribution in [0.4, 0.5) is 17.6 Å². The van der Waals surface area contributed by atoms with Crippen molar-refractivity contribution < 1.29 is 31.9 Å². The maximum Gasteiger partial charge on any atom is 0.266 e. The van der Waals surface area contributed by atoms with Crippen molar-refractivity contribution in [3.63, 3.8) is 0 Å². The highest BCUT2D eigenvalue weighted by Gasteiger charge is 2.24. The van der Waals surface area contributed by atoms with Gasteiger partial charge in [-0.3, -0.25) is 9.59 Å². The van der Waals surface area contributed by atoms with Crippen LogP contribution in [0, 0.1) is 0 Å². The lowest BCUT2D eigenvalue weighted by Crippen LogP contribution is -2.23. The zero-order valence-corrected chi connectivity index (χ0v) is 32.9. The maximum atomic E-state index is 13.8. The van der Waals surface area contributed by atoms with Crippen LogP contribution >= 0.6 is 0 Å². The average Bonchev–Trinajstić information content (AvgIpc) is 3.07. The molecule has 0 aromatic rings. The molecule has 51 heavy (non-hydrogen) atoms. The Morgan fingerprint density at radius 2 is 1.04 bits per heavy atom. The van der Waals surface area contributed by atoms with E-state index < -0.39 is 11.8 Å². The number of unbranched alkanes of at least 4 members (excludes halogenated alkanes) is 13. The third-order valence-corrected chi connectivity index (χ3v) is 9.00. The number of nitrogens with zero attached hydrogens (tertiary/aromatic N) is 1. The second-order valence-corrected chi connectivity index (χ2v) is 14.5. The van der Waals surface area contributed by atoms with Crippen LogP contribution in [0.2, 0.25) is 0 Å². The van der Waals surface area contributed by atoms with Crippen LogP contribution in [0.15, 0.2) is 24.3 Å². The van der Waals surface area contributed by atoms with Gasteiger partial charge in [0, 0.05) is 45.4 Å². The van der Waals surface area contributed by atoms with Gasteiger partial charge in [0.2, 0.25) is 11.8 Å². The fourth-order valence-corrected chi connectivity index (χ4v) is 5.84. The van der Waals surface area contributed by atoms with Gasteiger partial charge in [-0.2, -0.15) is 0 Å². The van der Waals surface area contributed by atoms with Gasteiger partial charge in [0.15, 0.2) is 0 Å². The Kier molecular flexibility index (Phi) is 31.4. The number of carbonyl (C=O) groups is 2. The second kappa shape index (κ2) is 32.7. The first-order valence-electron chi connectivity index (χ1n) is 20.3. The molecule has 10 heteroatoms. The first kappa shape index (κ1) is 49.1. The van der Waals surface area contributed by atoms with E-state index in [0.717, 1.165) is 141 Å². The number of allylic oxidation sites excluding steroid dienone is 2. The standard InChI is InChI=1S/C41H75F4N3O3/c1-5-7-19-29-40(42,43)31-23-33-46-38(49)27-17-13-9-11-15-25-37(51-36-22-21-35-48(3)4)26-16-12-10-14-18-28-39(50)47-34-24-32-41(44,45)30-20-8-6-2/h23-24,31-32,37H,5-22,25-30,33-36H2,1-4H3,(H,46,49)(H,47,50). The van der Waals surface area contributed by atoms with Crippen LogP contribution in [-0.2, 0) is 14.3 Å². The summed E-state index contributed by atoms with van der Waals surface area (Å²) in [5.74, 6) is -5.80. The van der Waals surface area contributed by atoms with Gasteiger partial charge in [-0.1, -0.05) is 103 Å². The molecule has 0 aliphatic heterocycles. The number of alkyl halides is 4. The number of nitrogens with one attached hydrogen (secondary N) is 2. The number of hydrogen-bond acceptors (Lipinski definition) is 4. The van der Waals surface area contributed by atoms with Crippen molar-refractivity contribution in [1.82, 2.24) is 15.5 Å². The maximum absolute atomic E-state index is 13.8. The molecule has 2 amide bonds. The number of ether oxygens (including phenoxy) is 1. The quantitative estimate of drug-likeness (QED) is 0.0382. The van der Waals surface area contributed by atoms with Crippen LogP contribution in [-0.4, -0.2) is 75.0 Å². The molecule has 0 heterocycles. The van der Waals surface area contributed by atoms with Gasteiger partial charge in [-0.25, -0.2) is 17.6 Å². The number of rotatable bonds is 36. The van der Waals surface area contributed by atoms with E-state index in [1.807, 2.05) is 13.8 Å². The molecule has 0 saturated heterocycles. The number of hydrogen-bond donors (Lipinski definition) is 2. The third kappa shape index (κ3) is 34.9. The van der Waals surface area contributed by atoms with Gasteiger partial charge in [0.25, 0.3) is 11.8 Å². The predicted octanol–water partition coefficient (Wildman–Crippen LogP) is 11.0. The van der Waals surface area contributed by atoms with Crippen molar-refractivity contribution in [3.8, 4) is 0 Å². The van der Waals surface area contributed by atoms with Crippen LogP contribution in [0.25, 0.3) is 0 Å². The zero-order chi connectivity index (χ0) is 38.1. The summed E-state index contributed by atoms with van der Waals surface area (Å²) in [7, 11) is 4.16. The third-order valence-electron chi connectivity index (χ3n) is 9.00. The molecule has 300 valence electrons. The van der Waals surface area contributed by atoms with E-state index in [-0.39, 0.29) is 43.8 Å². The smallest absolute Gasteiger partial charge is 0.266 e. The molecule has 0 aromatic heterocycles. The molecule has 0 bridgehead atoms. The first-order valence-corrected chi connectivity index (χ1v) is 20.3. The molecule has 0 aliphatic rings. The van der Waals surface area contributed by atoms with E-state index in [0.29, 0.717) is 25.7 Å². The van der Waals surface area contributed by atoms with E-state index in [1.165, 1.54) is 12.2 Å². The summed E-state index contributed by atoms with van der Waals surface area (Å²) in [5, 5.41) is 5.43. The Labute approximate surface area is 309 Å². The minimum atomic E-state index is -2.81. The number of carbonyl (C=O) groups excluding carboxylic acids is 2. The molecule has 0 saturated carbocycles. The van der Waals surface area contributed by atoms with E-state index in [1.54, 1.807) is 0 Å². The highest BCUT2D eigenvalue weighted by Crippen LogP contribution is 2.24. The van der Waals surface area contributed by atoms with Crippen molar-refractivity contribution in [2.45, 2.75) is 186 Å². The predicted molar refractivity (Wildman–Crippen MR) is 205 cm³/mol. The SMILES string of the molecule is CCCCCC(F)(F)C=CCNC(=O)CCCCCCCC(CCCCCCCC(=O)NCC=CC(F)(F)CCCCC)OCCCCN(C)C.